The number of nitrogens with zero attached hydrogens (tertiary/aromatic N) is 3. The molecule has 2 aliphatic rings. The molecule has 0 amide bonds. The summed E-state index contributed by atoms with van der Waals surface area (Å²) in [5.74, 6) is 3.18. The van der Waals surface area contributed by atoms with E-state index in [0.717, 1.165) is 42.7 Å². The van der Waals surface area contributed by atoms with Gasteiger partial charge in [0.05, 0.1) is 23.7 Å². The summed E-state index contributed by atoms with van der Waals surface area (Å²) < 4.78 is 18.7. The first kappa shape index (κ1) is 14.6. The minimum absolute atomic E-state index is 0.0877. The second-order valence-corrected chi connectivity index (χ2v) is 6.70. The second-order valence-electron chi connectivity index (χ2n) is 5.60. The molecule has 23 heavy (non-hydrogen) atoms. The number of anilines is 2. The van der Waals surface area contributed by atoms with Gasteiger partial charge in [-0.15, -0.1) is 11.8 Å². The van der Waals surface area contributed by atoms with Gasteiger partial charge in [0.2, 0.25) is 5.95 Å². The highest BCUT2D eigenvalue weighted by Crippen LogP contribution is 2.37. The molecule has 1 aromatic carbocycles. The Morgan fingerprint density at radius 1 is 1.26 bits per heavy atom. The summed E-state index contributed by atoms with van der Waals surface area (Å²) >= 11 is 1.81. The molecule has 0 saturated carbocycles. The van der Waals surface area contributed by atoms with E-state index in [2.05, 4.69) is 20.2 Å². The smallest absolute Gasteiger partial charge is 0.227 e. The Morgan fingerprint density at radius 3 is 2.78 bits per heavy atom. The van der Waals surface area contributed by atoms with Crippen molar-refractivity contribution in [3.8, 4) is 5.75 Å². The molecule has 7 heteroatoms. The number of halogens is 1. The van der Waals surface area contributed by atoms with Crippen molar-refractivity contribution in [2.75, 3.05) is 36.1 Å². The molecule has 2 aliphatic heterocycles. The predicted molar refractivity (Wildman–Crippen MR) is 89.0 cm³/mol. The van der Waals surface area contributed by atoms with E-state index in [4.69, 9.17) is 4.74 Å². The Labute approximate surface area is 138 Å². The number of fused-ring (bicyclic) bond motifs is 1. The lowest BCUT2D eigenvalue weighted by Gasteiger charge is -2.39. The zero-order valence-corrected chi connectivity index (χ0v) is 13.6. The molecule has 0 atom stereocenters. The number of ether oxygens (including phenoxy) is 1. The first-order valence-electron chi connectivity index (χ1n) is 7.61. The largest absolute Gasteiger partial charge is 0.487 e. The third kappa shape index (κ3) is 2.81. The van der Waals surface area contributed by atoms with Crippen molar-refractivity contribution in [1.29, 1.82) is 0 Å². The van der Waals surface area contributed by atoms with Gasteiger partial charge in [-0.2, -0.15) is 4.98 Å². The van der Waals surface area contributed by atoms with Crippen LogP contribution in [0.5, 0.6) is 5.75 Å². The SMILES string of the molecule is CNc1nc(N2CC(Oc3ccc(F)cc3)C2)nc2c1SCC2. The Morgan fingerprint density at radius 2 is 2.04 bits per heavy atom. The molecule has 2 aromatic rings. The summed E-state index contributed by atoms with van der Waals surface area (Å²) in [7, 11) is 1.89. The van der Waals surface area contributed by atoms with E-state index >= 15 is 0 Å². The number of aromatic nitrogens is 2. The maximum absolute atomic E-state index is 12.9. The molecule has 0 spiro atoms. The number of rotatable bonds is 4. The van der Waals surface area contributed by atoms with Gasteiger partial charge in [0, 0.05) is 19.2 Å². The van der Waals surface area contributed by atoms with E-state index in [1.165, 1.54) is 17.0 Å². The van der Waals surface area contributed by atoms with E-state index in [1.807, 2.05) is 18.8 Å². The average molecular weight is 332 g/mol. The van der Waals surface area contributed by atoms with Crippen molar-refractivity contribution in [3.63, 3.8) is 0 Å². The van der Waals surface area contributed by atoms with Crippen molar-refractivity contribution in [2.45, 2.75) is 17.4 Å². The van der Waals surface area contributed by atoms with Gasteiger partial charge in [-0.1, -0.05) is 0 Å². The van der Waals surface area contributed by atoms with Crippen LogP contribution in [0.2, 0.25) is 0 Å². The first-order valence-corrected chi connectivity index (χ1v) is 8.60. The molecule has 1 N–H and O–H groups in total. The average Bonchev–Trinajstić information content (AvgIpc) is 2.99. The molecule has 4 rings (SSSR count). The highest BCUT2D eigenvalue weighted by molar-refractivity contribution is 7.99. The van der Waals surface area contributed by atoms with Crippen LogP contribution in [-0.2, 0) is 6.42 Å². The Hall–Kier alpha value is -2.02. The Kier molecular flexibility index (Phi) is 3.72. The summed E-state index contributed by atoms with van der Waals surface area (Å²) in [6.45, 7) is 1.49. The Bertz CT molecular complexity index is 719. The lowest BCUT2D eigenvalue weighted by atomic mass is 10.2. The number of aryl methyl sites for hydroxylation is 1. The van der Waals surface area contributed by atoms with Crippen LogP contribution >= 0.6 is 11.8 Å². The van der Waals surface area contributed by atoms with Gasteiger partial charge in [0.25, 0.3) is 0 Å². The van der Waals surface area contributed by atoms with E-state index in [-0.39, 0.29) is 11.9 Å². The van der Waals surface area contributed by atoms with E-state index < -0.39 is 0 Å². The van der Waals surface area contributed by atoms with Gasteiger partial charge < -0.3 is 15.0 Å². The standard InChI is InChI=1S/C16H17FN4OS/c1-18-15-14-13(6-7-23-14)19-16(20-15)21-8-12(9-21)22-11-4-2-10(17)3-5-11/h2-5,12H,6-9H2,1H3,(H,18,19,20). The molecular formula is C16H17FN4OS. The van der Waals surface area contributed by atoms with Gasteiger partial charge in [-0.3, -0.25) is 0 Å². The molecule has 1 fully saturated rings. The number of nitrogens with one attached hydrogen (secondary N) is 1. The van der Waals surface area contributed by atoms with Crippen LogP contribution in [0.1, 0.15) is 5.69 Å². The lowest BCUT2D eigenvalue weighted by molar-refractivity contribution is 0.166. The molecule has 0 bridgehead atoms. The van der Waals surface area contributed by atoms with Gasteiger partial charge >= 0.3 is 0 Å². The summed E-state index contributed by atoms with van der Waals surface area (Å²) in [4.78, 5) is 12.6. The third-order valence-electron chi connectivity index (χ3n) is 3.99. The van der Waals surface area contributed by atoms with Crippen LogP contribution in [0, 0.1) is 5.82 Å². The molecule has 0 unspecified atom stereocenters. The molecule has 0 aliphatic carbocycles. The van der Waals surface area contributed by atoms with Crippen molar-refractivity contribution >= 4 is 23.5 Å². The topological polar surface area (TPSA) is 50.3 Å². The summed E-state index contributed by atoms with van der Waals surface area (Å²) in [5.41, 5.74) is 1.13. The van der Waals surface area contributed by atoms with Gasteiger partial charge in [-0.05, 0) is 24.3 Å². The van der Waals surface area contributed by atoms with Crippen molar-refractivity contribution in [1.82, 2.24) is 9.97 Å². The molecule has 1 aromatic heterocycles. The highest BCUT2D eigenvalue weighted by Gasteiger charge is 2.32. The number of hydrogen-bond donors (Lipinski definition) is 1. The minimum Gasteiger partial charge on any atom is -0.487 e. The number of hydrogen-bond acceptors (Lipinski definition) is 6. The van der Waals surface area contributed by atoms with E-state index in [9.17, 15) is 4.39 Å². The van der Waals surface area contributed by atoms with Crippen LogP contribution in [0.4, 0.5) is 16.2 Å². The fourth-order valence-corrected chi connectivity index (χ4v) is 3.85. The van der Waals surface area contributed by atoms with Crippen LogP contribution in [0.25, 0.3) is 0 Å². The van der Waals surface area contributed by atoms with Crippen molar-refractivity contribution < 1.29 is 9.13 Å². The zero-order valence-electron chi connectivity index (χ0n) is 12.8. The molecule has 0 radical (unpaired) electrons. The van der Waals surface area contributed by atoms with E-state index in [1.54, 1.807) is 12.1 Å². The normalized spacial score (nSPS) is 16.9. The van der Waals surface area contributed by atoms with Crippen molar-refractivity contribution in [3.05, 3.63) is 35.8 Å². The minimum atomic E-state index is -0.253. The van der Waals surface area contributed by atoms with Crippen LogP contribution in [0.3, 0.4) is 0 Å². The van der Waals surface area contributed by atoms with E-state index in [0.29, 0.717) is 5.75 Å². The first-order chi connectivity index (χ1) is 11.2. The lowest BCUT2D eigenvalue weighted by Crippen LogP contribution is -2.54. The quantitative estimate of drug-likeness (QED) is 0.929. The fourth-order valence-electron chi connectivity index (χ4n) is 2.75. The number of benzene rings is 1. The highest BCUT2D eigenvalue weighted by atomic mass is 32.2. The molecule has 3 heterocycles. The van der Waals surface area contributed by atoms with Gasteiger partial charge in [-0.25, -0.2) is 9.37 Å². The maximum Gasteiger partial charge on any atom is 0.227 e. The molecular weight excluding hydrogens is 315 g/mol. The third-order valence-corrected chi connectivity index (χ3v) is 5.12. The van der Waals surface area contributed by atoms with Crippen LogP contribution < -0.4 is 15.0 Å². The molecule has 1 saturated heterocycles. The van der Waals surface area contributed by atoms with Crippen molar-refractivity contribution in [2.24, 2.45) is 0 Å². The fraction of sp³-hybridized carbons (Fsp3) is 0.375. The summed E-state index contributed by atoms with van der Waals surface area (Å²) in [6, 6.07) is 6.12. The molecule has 120 valence electrons. The summed E-state index contributed by atoms with van der Waals surface area (Å²) in [5, 5.41) is 3.16. The van der Waals surface area contributed by atoms with Gasteiger partial charge in [0.15, 0.2) is 0 Å². The predicted octanol–water partition coefficient (Wildman–Crippen LogP) is 2.57. The maximum atomic E-state index is 12.9. The van der Waals surface area contributed by atoms with Gasteiger partial charge in [0.1, 0.15) is 23.5 Å². The van der Waals surface area contributed by atoms with Crippen LogP contribution in [-0.4, -0.2) is 42.0 Å². The van der Waals surface area contributed by atoms with Crippen LogP contribution in [0.15, 0.2) is 29.2 Å². The second kappa shape index (κ2) is 5.88. The zero-order chi connectivity index (χ0) is 15.8. The summed E-state index contributed by atoms with van der Waals surface area (Å²) in [6.07, 6.45) is 1.08. The monoisotopic (exact) mass is 332 g/mol. The Balaban J connectivity index is 1.43. The number of thioether (sulfide) groups is 1. The molecule has 5 nitrogen and oxygen atoms in total.